The topological polar surface area (TPSA) is 36.7 Å². The minimum Gasteiger partial charge on any atom is -0.261 e. The molecule has 0 aromatic carbocycles. The van der Waals surface area contributed by atoms with Crippen molar-refractivity contribution in [2.45, 2.75) is 6.92 Å². The zero-order chi connectivity index (χ0) is 7.56. The summed E-state index contributed by atoms with van der Waals surface area (Å²) in [5, 5.41) is 8.38. The lowest BCUT2D eigenvalue weighted by molar-refractivity contribution is 0.616. The van der Waals surface area contributed by atoms with Crippen LogP contribution in [0, 0.1) is 24.1 Å². The SMILES string of the molecule is Cc1cncc(F)c1C#N. The number of rotatable bonds is 0. The molecule has 0 saturated carbocycles. The zero-order valence-corrected chi connectivity index (χ0v) is 5.43. The standard InChI is InChI=1S/C7H5FN2/c1-5-3-10-4-7(8)6(5)2-9/h3-4H,1H3. The van der Waals surface area contributed by atoms with Gasteiger partial charge in [-0.1, -0.05) is 0 Å². The van der Waals surface area contributed by atoms with Gasteiger partial charge in [0.2, 0.25) is 0 Å². The highest BCUT2D eigenvalue weighted by molar-refractivity contribution is 5.34. The first-order valence-corrected chi connectivity index (χ1v) is 2.76. The summed E-state index contributed by atoms with van der Waals surface area (Å²) < 4.78 is 12.6. The fraction of sp³-hybridized carbons (Fsp3) is 0.143. The first kappa shape index (κ1) is 6.69. The highest BCUT2D eigenvalue weighted by Crippen LogP contribution is 2.07. The Hall–Kier alpha value is -1.43. The van der Waals surface area contributed by atoms with Crippen molar-refractivity contribution in [2.24, 2.45) is 0 Å². The van der Waals surface area contributed by atoms with Crippen LogP contribution in [0.2, 0.25) is 0 Å². The van der Waals surface area contributed by atoms with Gasteiger partial charge in [-0.15, -0.1) is 0 Å². The van der Waals surface area contributed by atoms with Gasteiger partial charge in [0.25, 0.3) is 0 Å². The number of pyridine rings is 1. The second-order valence-electron chi connectivity index (χ2n) is 1.93. The Bertz CT molecular complexity index is 268. The predicted octanol–water partition coefficient (Wildman–Crippen LogP) is 1.40. The van der Waals surface area contributed by atoms with Gasteiger partial charge < -0.3 is 0 Å². The lowest BCUT2D eigenvalue weighted by Crippen LogP contribution is -1.89. The molecule has 0 atom stereocenters. The molecule has 0 spiro atoms. The molecular formula is C7H5FN2. The molecule has 0 amide bonds. The van der Waals surface area contributed by atoms with Gasteiger partial charge in [-0.3, -0.25) is 4.98 Å². The van der Waals surface area contributed by atoms with Crippen LogP contribution in [0.5, 0.6) is 0 Å². The van der Waals surface area contributed by atoms with E-state index in [0.29, 0.717) is 5.56 Å². The predicted molar refractivity (Wildman–Crippen MR) is 33.6 cm³/mol. The van der Waals surface area contributed by atoms with E-state index >= 15 is 0 Å². The van der Waals surface area contributed by atoms with E-state index in [1.165, 1.54) is 6.20 Å². The molecule has 0 aliphatic heterocycles. The molecule has 0 radical (unpaired) electrons. The van der Waals surface area contributed by atoms with Crippen molar-refractivity contribution >= 4 is 0 Å². The van der Waals surface area contributed by atoms with E-state index in [2.05, 4.69) is 4.98 Å². The van der Waals surface area contributed by atoms with Gasteiger partial charge in [0.1, 0.15) is 6.07 Å². The third-order valence-corrected chi connectivity index (χ3v) is 1.20. The summed E-state index contributed by atoms with van der Waals surface area (Å²) in [4.78, 5) is 3.57. The molecule has 10 heavy (non-hydrogen) atoms. The molecule has 0 fully saturated rings. The number of hydrogen-bond acceptors (Lipinski definition) is 2. The quantitative estimate of drug-likeness (QED) is 0.540. The molecule has 1 heterocycles. The van der Waals surface area contributed by atoms with Crippen molar-refractivity contribution < 1.29 is 4.39 Å². The summed E-state index contributed by atoms with van der Waals surface area (Å²) in [6.07, 6.45) is 2.49. The Balaban J connectivity index is 3.34. The minimum atomic E-state index is -0.553. The maximum absolute atomic E-state index is 12.6. The maximum Gasteiger partial charge on any atom is 0.159 e. The summed E-state index contributed by atoms with van der Waals surface area (Å²) in [7, 11) is 0. The normalized spacial score (nSPS) is 8.90. The maximum atomic E-state index is 12.6. The van der Waals surface area contributed by atoms with E-state index in [9.17, 15) is 4.39 Å². The third-order valence-electron chi connectivity index (χ3n) is 1.20. The van der Waals surface area contributed by atoms with Gasteiger partial charge in [0.15, 0.2) is 5.82 Å². The van der Waals surface area contributed by atoms with Crippen LogP contribution < -0.4 is 0 Å². The van der Waals surface area contributed by atoms with Crippen molar-refractivity contribution in [1.82, 2.24) is 4.98 Å². The van der Waals surface area contributed by atoms with Crippen LogP contribution in [-0.4, -0.2) is 4.98 Å². The van der Waals surface area contributed by atoms with Crippen molar-refractivity contribution in [3.8, 4) is 6.07 Å². The molecule has 0 unspecified atom stereocenters. The fourth-order valence-electron chi connectivity index (χ4n) is 0.674. The Morgan fingerprint density at radius 2 is 2.30 bits per heavy atom. The van der Waals surface area contributed by atoms with Crippen LogP contribution in [0.15, 0.2) is 12.4 Å². The van der Waals surface area contributed by atoms with Gasteiger partial charge in [-0.25, -0.2) is 4.39 Å². The molecule has 1 rings (SSSR count). The first-order valence-electron chi connectivity index (χ1n) is 2.76. The van der Waals surface area contributed by atoms with Gasteiger partial charge in [-0.2, -0.15) is 5.26 Å². The Morgan fingerprint density at radius 1 is 1.60 bits per heavy atom. The number of nitrogens with zero attached hydrogens (tertiary/aromatic N) is 2. The summed E-state index contributed by atoms with van der Waals surface area (Å²) in [5.74, 6) is -0.553. The number of aromatic nitrogens is 1. The van der Waals surface area contributed by atoms with Crippen molar-refractivity contribution in [3.63, 3.8) is 0 Å². The molecule has 0 N–H and O–H groups in total. The van der Waals surface area contributed by atoms with Gasteiger partial charge in [0, 0.05) is 6.20 Å². The van der Waals surface area contributed by atoms with Gasteiger partial charge in [-0.05, 0) is 12.5 Å². The lowest BCUT2D eigenvalue weighted by atomic mass is 10.2. The highest BCUT2D eigenvalue weighted by Gasteiger charge is 2.02. The zero-order valence-electron chi connectivity index (χ0n) is 5.43. The fourth-order valence-corrected chi connectivity index (χ4v) is 0.674. The average molecular weight is 136 g/mol. The van der Waals surface area contributed by atoms with Crippen LogP contribution in [0.3, 0.4) is 0 Å². The van der Waals surface area contributed by atoms with E-state index in [1.807, 2.05) is 0 Å². The van der Waals surface area contributed by atoms with E-state index in [0.717, 1.165) is 6.20 Å². The Morgan fingerprint density at radius 3 is 2.70 bits per heavy atom. The van der Waals surface area contributed by atoms with Gasteiger partial charge >= 0.3 is 0 Å². The second-order valence-corrected chi connectivity index (χ2v) is 1.93. The van der Waals surface area contributed by atoms with Crippen LogP contribution in [0.25, 0.3) is 0 Å². The molecule has 50 valence electrons. The molecule has 1 aromatic rings. The number of nitriles is 1. The molecule has 1 aromatic heterocycles. The van der Waals surface area contributed by atoms with Crippen LogP contribution in [0.4, 0.5) is 4.39 Å². The van der Waals surface area contributed by atoms with Crippen molar-refractivity contribution in [3.05, 3.63) is 29.3 Å². The molecule has 3 heteroatoms. The van der Waals surface area contributed by atoms with E-state index in [4.69, 9.17) is 5.26 Å². The van der Waals surface area contributed by atoms with Gasteiger partial charge in [0.05, 0.1) is 11.8 Å². The molecule has 0 aliphatic rings. The first-order chi connectivity index (χ1) is 4.75. The Kier molecular flexibility index (Phi) is 1.63. The largest absolute Gasteiger partial charge is 0.261 e. The summed E-state index contributed by atoms with van der Waals surface area (Å²) in [6.45, 7) is 1.65. The smallest absolute Gasteiger partial charge is 0.159 e. The summed E-state index contributed by atoms with van der Waals surface area (Å²) >= 11 is 0. The number of aryl methyl sites for hydroxylation is 1. The lowest BCUT2D eigenvalue weighted by Gasteiger charge is -1.94. The van der Waals surface area contributed by atoms with Crippen molar-refractivity contribution in [2.75, 3.05) is 0 Å². The number of hydrogen-bond donors (Lipinski definition) is 0. The Labute approximate surface area is 57.9 Å². The van der Waals surface area contributed by atoms with Crippen molar-refractivity contribution in [1.29, 1.82) is 5.26 Å². The summed E-state index contributed by atoms with van der Waals surface area (Å²) in [5.41, 5.74) is 0.650. The molecule has 2 nitrogen and oxygen atoms in total. The molecule has 0 aliphatic carbocycles. The minimum absolute atomic E-state index is 0.0787. The highest BCUT2D eigenvalue weighted by atomic mass is 19.1. The molecular weight excluding hydrogens is 131 g/mol. The van der Waals surface area contributed by atoms with Crippen LogP contribution in [-0.2, 0) is 0 Å². The monoisotopic (exact) mass is 136 g/mol. The summed E-state index contributed by atoms with van der Waals surface area (Å²) in [6, 6.07) is 1.75. The van der Waals surface area contributed by atoms with Crippen LogP contribution >= 0.6 is 0 Å². The third kappa shape index (κ3) is 0.960. The van der Waals surface area contributed by atoms with Crippen LogP contribution in [0.1, 0.15) is 11.1 Å². The molecule has 0 saturated heterocycles. The number of halogens is 1. The van der Waals surface area contributed by atoms with E-state index in [1.54, 1.807) is 13.0 Å². The second kappa shape index (κ2) is 2.44. The molecule has 0 bridgehead atoms. The average Bonchev–Trinajstić information content (AvgIpc) is 1.88. The van der Waals surface area contributed by atoms with E-state index < -0.39 is 5.82 Å². The van der Waals surface area contributed by atoms with E-state index in [-0.39, 0.29) is 5.56 Å².